The molecule has 0 aromatic rings. The van der Waals surface area contributed by atoms with E-state index in [4.69, 9.17) is 0 Å². The second kappa shape index (κ2) is 3.02. The fourth-order valence-electron chi connectivity index (χ4n) is 1.93. The molecule has 1 aliphatic rings. The van der Waals surface area contributed by atoms with E-state index in [2.05, 4.69) is 46.6 Å². The lowest BCUT2D eigenvalue weighted by molar-refractivity contribution is 0.249. The molecule has 1 saturated carbocycles. The first-order valence-electron chi connectivity index (χ1n) is 5.07. The van der Waals surface area contributed by atoms with Crippen molar-refractivity contribution >= 4 is 0 Å². The van der Waals surface area contributed by atoms with Gasteiger partial charge in [0.1, 0.15) is 0 Å². The molecule has 0 amide bonds. The molecule has 0 aliphatic heterocycles. The topological polar surface area (TPSA) is 3.24 Å². The summed E-state index contributed by atoms with van der Waals surface area (Å²) in [5.41, 5.74) is 0.600. The van der Waals surface area contributed by atoms with Gasteiger partial charge in [-0.25, -0.2) is 0 Å². The molecule has 2 atom stereocenters. The van der Waals surface area contributed by atoms with Crippen molar-refractivity contribution in [2.45, 2.75) is 40.7 Å². The van der Waals surface area contributed by atoms with Gasteiger partial charge in [0.25, 0.3) is 0 Å². The molecule has 0 aromatic heterocycles. The summed E-state index contributed by atoms with van der Waals surface area (Å²) < 4.78 is 0. The minimum Gasteiger partial charge on any atom is -0.304 e. The minimum atomic E-state index is 0.600. The lowest BCUT2D eigenvalue weighted by Gasteiger charge is -2.21. The van der Waals surface area contributed by atoms with Crippen LogP contribution in [0.3, 0.4) is 0 Å². The molecule has 0 saturated heterocycles. The summed E-state index contributed by atoms with van der Waals surface area (Å²) in [7, 11) is 2.23. The summed E-state index contributed by atoms with van der Waals surface area (Å²) in [6.07, 6.45) is 0. The highest BCUT2D eigenvalue weighted by atomic mass is 15.1. The number of nitrogens with zero attached hydrogens (tertiary/aromatic N) is 1. The number of rotatable bonds is 3. The Morgan fingerprint density at radius 1 is 1.33 bits per heavy atom. The quantitative estimate of drug-likeness (QED) is 0.628. The summed E-state index contributed by atoms with van der Waals surface area (Å²) >= 11 is 0. The third kappa shape index (κ3) is 1.66. The minimum absolute atomic E-state index is 0.600. The monoisotopic (exact) mass is 169 g/mol. The van der Waals surface area contributed by atoms with Crippen LogP contribution in [-0.4, -0.2) is 24.5 Å². The molecular weight excluding hydrogens is 146 g/mol. The second-order valence-electron chi connectivity index (χ2n) is 5.25. The van der Waals surface area contributed by atoms with E-state index in [0.717, 1.165) is 11.8 Å². The van der Waals surface area contributed by atoms with Crippen LogP contribution in [0.1, 0.15) is 34.6 Å². The lowest BCUT2D eigenvalue weighted by atomic mass is 10.1. The smallest absolute Gasteiger partial charge is 0.00356 e. The number of hydrogen-bond donors (Lipinski definition) is 0. The molecule has 1 fully saturated rings. The third-order valence-corrected chi connectivity index (χ3v) is 3.99. The molecule has 0 bridgehead atoms. The molecule has 72 valence electrons. The Morgan fingerprint density at radius 2 is 1.75 bits per heavy atom. The van der Waals surface area contributed by atoms with E-state index in [1.807, 2.05) is 0 Å². The van der Waals surface area contributed by atoms with Gasteiger partial charge in [-0.1, -0.05) is 20.8 Å². The zero-order valence-electron chi connectivity index (χ0n) is 9.39. The van der Waals surface area contributed by atoms with Gasteiger partial charge in [0.2, 0.25) is 0 Å². The zero-order valence-corrected chi connectivity index (χ0v) is 9.39. The van der Waals surface area contributed by atoms with Crippen molar-refractivity contribution in [2.75, 3.05) is 13.6 Å². The van der Waals surface area contributed by atoms with Gasteiger partial charge in [-0.2, -0.15) is 0 Å². The molecule has 0 aromatic carbocycles. The molecule has 1 heteroatoms. The van der Waals surface area contributed by atoms with Crippen LogP contribution in [0.4, 0.5) is 0 Å². The highest BCUT2D eigenvalue weighted by molar-refractivity contribution is 5.03. The van der Waals surface area contributed by atoms with Crippen molar-refractivity contribution in [1.29, 1.82) is 0 Å². The summed E-state index contributed by atoms with van der Waals surface area (Å²) in [5.74, 6) is 1.84. The van der Waals surface area contributed by atoms with Gasteiger partial charge < -0.3 is 4.90 Å². The van der Waals surface area contributed by atoms with Crippen LogP contribution in [0.2, 0.25) is 0 Å². The maximum atomic E-state index is 2.45. The van der Waals surface area contributed by atoms with Crippen LogP contribution in [0.15, 0.2) is 0 Å². The van der Waals surface area contributed by atoms with Crippen molar-refractivity contribution in [3.63, 3.8) is 0 Å². The van der Waals surface area contributed by atoms with Crippen LogP contribution in [0.5, 0.6) is 0 Å². The highest BCUT2D eigenvalue weighted by Crippen LogP contribution is 2.57. The Balaban J connectivity index is 2.36. The lowest BCUT2D eigenvalue weighted by Crippen LogP contribution is -2.29. The fraction of sp³-hybridized carbons (Fsp3) is 1.00. The predicted octanol–water partition coefficient (Wildman–Crippen LogP) is 2.62. The second-order valence-corrected chi connectivity index (χ2v) is 5.25. The highest BCUT2D eigenvalue weighted by Gasteiger charge is 2.54. The van der Waals surface area contributed by atoms with E-state index < -0.39 is 0 Å². The van der Waals surface area contributed by atoms with Crippen LogP contribution in [0, 0.1) is 17.3 Å². The van der Waals surface area contributed by atoms with Gasteiger partial charge in [-0.15, -0.1) is 0 Å². The maximum absolute atomic E-state index is 2.45. The first-order valence-corrected chi connectivity index (χ1v) is 5.07. The van der Waals surface area contributed by atoms with Gasteiger partial charge in [-0.05, 0) is 38.1 Å². The van der Waals surface area contributed by atoms with E-state index in [-0.39, 0.29) is 0 Å². The van der Waals surface area contributed by atoms with Crippen molar-refractivity contribution < 1.29 is 0 Å². The Labute approximate surface area is 77.1 Å². The van der Waals surface area contributed by atoms with Gasteiger partial charge >= 0.3 is 0 Å². The molecule has 1 rings (SSSR count). The molecule has 0 N–H and O–H groups in total. The molecule has 0 radical (unpaired) electrons. The van der Waals surface area contributed by atoms with Crippen LogP contribution in [-0.2, 0) is 0 Å². The molecule has 2 unspecified atom stereocenters. The zero-order chi connectivity index (χ0) is 9.52. The summed E-state index contributed by atoms with van der Waals surface area (Å²) in [4.78, 5) is 2.45. The molecule has 0 spiro atoms. The Kier molecular flexibility index (Phi) is 2.53. The van der Waals surface area contributed by atoms with E-state index in [1.165, 1.54) is 6.54 Å². The standard InChI is InChI=1S/C11H23N/c1-8(2)12(6)7-10-9(3)11(10,4)5/h8-10H,7H2,1-6H3. The Hall–Kier alpha value is -0.0400. The Morgan fingerprint density at radius 3 is 2.00 bits per heavy atom. The average molecular weight is 169 g/mol. The Bertz CT molecular complexity index is 160. The molecule has 1 nitrogen and oxygen atoms in total. The molecule has 0 heterocycles. The van der Waals surface area contributed by atoms with Gasteiger partial charge in [0.05, 0.1) is 0 Å². The van der Waals surface area contributed by atoms with Crippen molar-refractivity contribution in [3.8, 4) is 0 Å². The van der Waals surface area contributed by atoms with Gasteiger partial charge in [0.15, 0.2) is 0 Å². The SMILES string of the molecule is CC(C)N(C)CC1C(C)C1(C)C. The van der Waals surface area contributed by atoms with Gasteiger partial charge in [-0.3, -0.25) is 0 Å². The normalized spacial score (nSPS) is 33.0. The number of hydrogen-bond acceptors (Lipinski definition) is 1. The molecule has 1 aliphatic carbocycles. The van der Waals surface area contributed by atoms with E-state index in [1.54, 1.807) is 0 Å². The van der Waals surface area contributed by atoms with Crippen molar-refractivity contribution in [3.05, 3.63) is 0 Å². The summed E-state index contributed by atoms with van der Waals surface area (Å²) in [5, 5.41) is 0. The predicted molar refractivity (Wildman–Crippen MR) is 54.2 cm³/mol. The first-order chi connectivity index (χ1) is 5.37. The average Bonchev–Trinajstić information content (AvgIpc) is 2.38. The van der Waals surface area contributed by atoms with Crippen LogP contribution >= 0.6 is 0 Å². The van der Waals surface area contributed by atoms with Crippen molar-refractivity contribution in [1.82, 2.24) is 4.90 Å². The summed E-state index contributed by atoms with van der Waals surface area (Å²) in [6.45, 7) is 12.9. The first kappa shape index (κ1) is 10.0. The van der Waals surface area contributed by atoms with Crippen LogP contribution < -0.4 is 0 Å². The molecular formula is C11H23N. The van der Waals surface area contributed by atoms with E-state index >= 15 is 0 Å². The third-order valence-electron chi connectivity index (χ3n) is 3.99. The molecule has 12 heavy (non-hydrogen) atoms. The maximum Gasteiger partial charge on any atom is 0.00356 e. The summed E-state index contributed by atoms with van der Waals surface area (Å²) in [6, 6.07) is 0.689. The van der Waals surface area contributed by atoms with Crippen molar-refractivity contribution in [2.24, 2.45) is 17.3 Å². The van der Waals surface area contributed by atoms with Gasteiger partial charge in [0, 0.05) is 12.6 Å². The fourth-order valence-corrected chi connectivity index (χ4v) is 1.93. The van der Waals surface area contributed by atoms with E-state index in [0.29, 0.717) is 11.5 Å². The van der Waals surface area contributed by atoms with E-state index in [9.17, 15) is 0 Å². The largest absolute Gasteiger partial charge is 0.304 e. The van der Waals surface area contributed by atoms with Crippen LogP contribution in [0.25, 0.3) is 0 Å².